The number of hydrogen-bond acceptors (Lipinski definition) is 5. The van der Waals surface area contributed by atoms with E-state index in [1.165, 1.54) is 6.26 Å². The van der Waals surface area contributed by atoms with Crippen LogP contribution in [0, 0.1) is 11.5 Å². The van der Waals surface area contributed by atoms with Crippen LogP contribution in [0.3, 0.4) is 0 Å². The van der Waals surface area contributed by atoms with Crippen molar-refractivity contribution in [3.05, 3.63) is 25.3 Å². The number of nitrogens with zero attached hydrogens (tertiary/aromatic N) is 1. The van der Waals surface area contributed by atoms with E-state index in [0.29, 0.717) is 13.0 Å². The molecule has 0 N–H and O–H groups in total. The number of carbonyl (C=O) groups excluding carboxylic acids is 2. The van der Waals surface area contributed by atoms with Crippen LogP contribution in [0.5, 0.6) is 0 Å². The molecule has 5 heteroatoms. The quantitative estimate of drug-likeness (QED) is 0.303. The fourth-order valence-electron chi connectivity index (χ4n) is 0.341. The lowest BCUT2D eigenvalue weighted by Gasteiger charge is -1.94. The summed E-state index contributed by atoms with van der Waals surface area (Å²) in [6.07, 6.45) is 4.10. The Kier molecular flexibility index (Phi) is 12.2. The molecule has 0 atom stereocenters. The first-order chi connectivity index (χ1) is 7.12. The maximum atomic E-state index is 10.3. The van der Waals surface area contributed by atoms with E-state index in [1.807, 2.05) is 0 Å². The highest BCUT2D eigenvalue weighted by Gasteiger charge is 1.92. The van der Waals surface area contributed by atoms with Crippen molar-refractivity contribution < 1.29 is 19.1 Å². The second-order valence-electron chi connectivity index (χ2n) is 2.04. The minimum absolute atomic E-state index is 0.176. The summed E-state index contributed by atoms with van der Waals surface area (Å²) in [5, 5.41) is 7.63. The van der Waals surface area contributed by atoms with Gasteiger partial charge in [-0.15, -0.1) is 5.26 Å². The first kappa shape index (κ1) is 15.4. The number of carbonyl (C=O) groups is 2. The molecular weight excluding hydrogens is 198 g/mol. The van der Waals surface area contributed by atoms with Crippen LogP contribution in [0.25, 0.3) is 0 Å². The van der Waals surface area contributed by atoms with Gasteiger partial charge in [-0.3, -0.25) is 4.79 Å². The van der Waals surface area contributed by atoms with E-state index < -0.39 is 5.97 Å². The molecular formula is C10H13NO4. The van der Waals surface area contributed by atoms with Gasteiger partial charge in [-0.25, -0.2) is 4.79 Å². The third-order valence-corrected chi connectivity index (χ3v) is 0.964. The molecule has 0 aromatic rings. The predicted octanol–water partition coefficient (Wildman–Crippen LogP) is 1.32. The molecule has 0 saturated heterocycles. The van der Waals surface area contributed by atoms with E-state index in [2.05, 4.69) is 22.6 Å². The third kappa shape index (κ3) is 14.7. The van der Waals surface area contributed by atoms with Crippen LogP contribution in [0.4, 0.5) is 0 Å². The van der Waals surface area contributed by atoms with Gasteiger partial charge in [0, 0.05) is 12.5 Å². The highest BCUT2D eigenvalue weighted by atomic mass is 16.5. The summed E-state index contributed by atoms with van der Waals surface area (Å²) in [7, 11) is 0. The third-order valence-electron chi connectivity index (χ3n) is 0.964. The van der Waals surface area contributed by atoms with Crippen LogP contribution in [-0.2, 0) is 19.1 Å². The number of hydrogen-bond donors (Lipinski definition) is 0. The lowest BCUT2D eigenvalue weighted by Crippen LogP contribution is -2.00. The molecule has 82 valence electrons. The Morgan fingerprint density at radius 2 is 2.07 bits per heavy atom. The van der Waals surface area contributed by atoms with E-state index in [4.69, 9.17) is 5.26 Å². The van der Waals surface area contributed by atoms with Crippen LogP contribution in [0.15, 0.2) is 25.3 Å². The lowest BCUT2D eigenvalue weighted by atomic mass is 10.5. The second kappa shape index (κ2) is 11.9. The van der Waals surface area contributed by atoms with Crippen molar-refractivity contribution in [3.63, 3.8) is 0 Å². The first-order valence-electron chi connectivity index (χ1n) is 4.11. The Morgan fingerprint density at radius 3 is 2.33 bits per heavy atom. The van der Waals surface area contributed by atoms with Gasteiger partial charge < -0.3 is 9.47 Å². The van der Waals surface area contributed by atoms with E-state index in [9.17, 15) is 9.59 Å². The van der Waals surface area contributed by atoms with Gasteiger partial charge in [-0.05, 0) is 0 Å². The molecule has 0 amide bonds. The smallest absolute Gasteiger partial charge is 0.345 e. The van der Waals surface area contributed by atoms with Gasteiger partial charge >= 0.3 is 11.9 Å². The molecule has 0 aromatic carbocycles. The highest BCUT2D eigenvalue weighted by Crippen LogP contribution is 1.82. The predicted molar refractivity (Wildman–Crippen MR) is 53.3 cm³/mol. The van der Waals surface area contributed by atoms with Crippen LogP contribution in [-0.4, -0.2) is 18.5 Å². The van der Waals surface area contributed by atoms with E-state index in [0.717, 1.165) is 6.08 Å². The zero-order valence-electron chi connectivity index (χ0n) is 8.56. The number of ether oxygens (including phenoxy) is 2. The SMILES string of the molecule is C=CC(=O)OC#N.C=CCOC(=O)CC. The normalized spacial score (nSPS) is 7.20. The number of esters is 2. The standard InChI is InChI=1S/C6H10O2.C4H3NO2/c1-3-5-8-6(7)4-2;1-2-4(6)7-3-5/h3H,1,4-5H2,2H3;2H,1H2. The minimum atomic E-state index is -0.720. The summed E-state index contributed by atoms with van der Waals surface area (Å²) < 4.78 is 8.32. The minimum Gasteiger partial charge on any atom is -0.461 e. The van der Waals surface area contributed by atoms with Crippen molar-refractivity contribution in [1.29, 1.82) is 5.26 Å². The van der Waals surface area contributed by atoms with Gasteiger partial charge in [0.25, 0.3) is 6.26 Å². The number of rotatable bonds is 4. The largest absolute Gasteiger partial charge is 0.461 e. The van der Waals surface area contributed by atoms with E-state index in [1.54, 1.807) is 13.0 Å². The molecule has 0 unspecified atom stereocenters. The topological polar surface area (TPSA) is 76.4 Å². The zero-order chi connectivity index (χ0) is 12.1. The second-order valence-corrected chi connectivity index (χ2v) is 2.04. The lowest BCUT2D eigenvalue weighted by molar-refractivity contribution is -0.142. The van der Waals surface area contributed by atoms with Crippen molar-refractivity contribution in [2.45, 2.75) is 13.3 Å². The molecule has 0 spiro atoms. The average molecular weight is 211 g/mol. The average Bonchev–Trinajstić information content (AvgIpc) is 2.26. The molecule has 15 heavy (non-hydrogen) atoms. The Balaban J connectivity index is 0. The van der Waals surface area contributed by atoms with Gasteiger partial charge in [-0.2, -0.15) is 0 Å². The van der Waals surface area contributed by atoms with Gasteiger partial charge in [0.15, 0.2) is 0 Å². The Bertz CT molecular complexity index is 265. The summed E-state index contributed by atoms with van der Waals surface area (Å²) in [4.78, 5) is 20.1. The van der Waals surface area contributed by atoms with Gasteiger partial charge in [0.05, 0.1) is 0 Å². The maximum Gasteiger partial charge on any atom is 0.345 e. The van der Waals surface area contributed by atoms with Crippen molar-refractivity contribution in [2.75, 3.05) is 6.61 Å². The molecule has 0 rings (SSSR count). The van der Waals surface area contributed by atoms with Crippen molar-refractivity contribution in [2.24, 2.45) is 0 Å². The van der Waals surface area contributed by atoms with Gasteiger partial charge in [0.1, 0.15) is 6.61 Å². The van der Waals surface area contributed by atoms with Crippen LogP contribution in [0.1, 0.15) is 13.3 Å². The van der Waals surface area contributed by atoms with Crippen molar-refractivity contribution in [3.8, 4) is 6.26 Å². The molecule has 0 aliphatic rings. The van der Waals surface area contributed by atoms with Crippen molar-refractivity contribution >= 4 is 11.9 Å². The fraction of sp³-hybridized carbons (Fsp3) is 0.300. The van der Waals surface area contributed by atoms with Gasteiger partial charge in [-0.1, -0.05) is 26.2 Å². The Labute approximate surface area is 88.6 Å². The summed E-state index contributed by atoms with van der Waals surface area (Å²) in [5.74, 6) is -0.896. The molecule has 0 aliphatic heterocycles. The maximum absolute atomic E-state index is 10.3. The number of nitriles is 1. The molecule has 0 heterocycles. The monoisotopic (exact) mass is 211 g/mol. The molecule has 0 saturated carbocycles. The zero-order valence-corrected chi connectivity index (χ0v) is 8.56. The van der Waals surface area contributed by atoms with Crippen molar-refractivity contribution in [1.82, 2.24) is 0 Å². The van der Waals surface area contributed by atoms with Crippen LogP contribution < -0.4 is 0 Å². The highest BCUT2D eigenvalue weighted by molar-refractivity contribution is 5.81. The summed E-state index contributed by atoms with van der Waals surface area (Å²) in [6, 6.07) is 0. The molecule has 5 nitrogen and oxygen atoms in total. The molecule has 0 bridgehead atoms. The summed E-state index contributed by atoms with van der Waals surface area (Å²) in [6.45, 7) is 8.52. The Hall–Kier alpha value is -2.09. The Morgan fingerprint density at radius 1 is 1.47 bits per heavy atom. The van der Waals surface area contributed by atoms with Crippen LogP contribution >= 0.6 is 0 Å². The van der Waals surface area contributed by atoms with E-state index in [-0.39, 0.29) is 5.97 Å². The van der Waals surface area contributed by atoms with Crippen LogP contribution in [0.2, 0.25) is 0 Å². The van der Waals surface area contributed by atoms with Gasteiger partial charge in [0.2, 0.25) is 0 Å². The molecule has 0 radical (unpaired) electrons. The molecule has 0 aliphatic carbocycles. The summed E-state index contributed by atoms with van der Waals surface area (Å²) >= 11 is 0. The molecule has 0 fully saturated rings. The molecule has 0 aromatic heterocycles. The first-order valence-corrected chi connectivity index (χ1v) is 4.11. The van der Waals surface area contributed by atoms with E-state index >= 15 is 0 Å². The summed E-state index contributed by atoms with van der Waals surface area (Å²) in [5.41, 5.74) is 0. The fourth-order valence-corrected chi connectivity index (χ4v) is 0.341.